The summed E-state index contributed by atoms with van der Waals surface area (Å²) in [5, 5.41) is 1.04. The van der Waals surface area contributed by atoms with Gasteiger partial charge in [0.15, 0.2) is 5.13 Å². The Bertz CT molecular complexity index is 985. The molecule has 0 spiro atoms. The molecule has 0 aliphatic heterocycles. The summed E-state index contributed by atoms with van der Waals surface area (Å²) < 4.78 is 3.45. The first-order valence-electron chi connectivity index (χ1n) is 8.45. The van der Waals surface area contributed by atoms with E-state index in [2.05, 4.69) is 90.3 Å². The van der Waals surface area contributed by atoms with Gasteiger partial charge in [-0.2, -0.15) is 0 Å². The summed E-state index contributed by atoms with van der Waals surface area (Å²) in [5.41, 5.74) is 4.94. The zero-order valence-corrected chi connectivity index (χ0v) is 15.3. The number of hydrogen-bond acceptors (Lipinski definition) is 3. The summed E-state index contributed by atoms with van der Waals surface area (Å²) in [6.45, 7) is 3.94. The highest BCUT2D eigenvalue weighted by atomic mass is 32.1. The maximum Gasteiger partial charge on any atom is 0.194 e. The molecule has 0 saturated carbocycles. The number of aryl methyl sites for hydroxylation is 1. The molecular weight excluding hydrogens is 326 g/mol. The van der Waals surface area contributed by atoms with Crippen LogP contribution in [0.4, 0.5) is 0 Å². The lowest BCUT2D eigenvalue weighted by atomic mass is 10.2. The molecule has 3 nitrogen and oxygen atoms in total. The van der Waals surface area contributed by atoms with Gasteiger partial charge in [0.25, 0.3) is 0 Å². The Labute approximate surface area is 152 Å². The van der Waals surface area contributed by atoms with E-state index in [9.17, 15) is 0 Å². The Morgan fingerprint density at radius 1 is 1.00 bits per heavy atom. The number of nitrogens with zero attached hydrogens (tertiary/aromatic N) is 3. The summed E-state index contributed by atoms with van der Waals surface area (Å²) in [6, 6.07) is 21.3. The molecule has 0 amide bonds. The smallest absolute Gasteiger partial charge is 0.194 e. The lowest BCUT2D eigenvalue weighted by Crippen LogP contribution is -2.19. The molecule has 4 rings (SSSR count). The number of hydrogen-bond donors (Lipinski definition) is 0. The van der Waals surface area contributed by atoms with Crippen molar-refractivity contribution in [1.29, 1.82) is 0 Å². The fourth-order valence-electron chi connectivity index (χ4n) is 3.08. The fourth-order valence-corrected chi connectivity index (χ4v) is 4.16. The van der Waals surface area contributed by atoms with E-state index in [1.165, 1.54) is 21.5 Å². The quantitative estimate of drug-likeness (QED) is 0.505. The van der Waals surface area contributed by atoms with Gasteiger partial charge in [-0.3, -0.25) is 9.47 Å². The molecule has 0 unspecified atom stereocenters. The lowest BCUT2D eigenvalue weighted by molar-refractivity contribution is 0.313. The van der Waals surface area contributed by atoms with Gasteiger partial charge >= 0.3 is 0 Å². The van der Waals surface area contributed by atoms with Crippen molar-refractivity contribution in [1.82, 2.24) is 14.5 Å². The summed E-state index contributed by atoms with van der Waals surface area (Å²) in [5.74, 6) is 0. The predicted molar refractivity (Wildman–Crippen MR) is 105 cm³/mol. The topological polar surface area (TPSA) is 21.1 Å². The number of thiazole rings is 1. The van der Waals surface area contributed by atoms with Crippen LogP contribution >= 0.6 is 11.3 Å². The van der Waals surface area contributed by atoms with E-state index < -0.39 is 0 Å². The van der Waals surface area contributed by atoms with Gasteiger partial charge in [-0.15, -0.1) is 0 Å². The molecule has 0 bridgehead atoms. The first-order chi connectivity index (χ1) is 12.2. The monoisotopic (exact) mass is 347 g/mol. The fraction of sp³-hybridized carbons (Fsp3) is 0.190. The third kappa shape index (κ3) is 3.50. The van der Waals surface area contributed by atoms with E-state index in [1.54, 1.807) is 11.3 Å². The van der Waals surface area contributed by atoms with E-state index in [0.29, 0.717) is 0 Å². The minimum atomic E-state index is 0.886. The first-order valence-corrected chi connectivity index (χ1v) is 9.27. The molecule has 0 aliphatic rings. The van der Waals surface area contributed by atoms with Gasteiger partial charge in [-0.1, -0.05) is 47.7 Å². The molecule has 0 N–H and O–H groups in total. The highest BCUT2D eigenvalue weighted by Crippen LogP contribution is 2.27. The summed E-state index contributed by atoms with van der Waals surface area (Å²) in [4.78, 5) is 7.14. The van der Waals surface area contributed by atoms with Crippen LogP contribution in [0.25, 0.3) is 15.3 Å². The van der Waals surface area contributed by atoms with Crippen molar-refractivity contribution in [2.45, 2.75) is 20.0 Å². The van der Waals surface area contributed by atoms with Gasteiger partial charge in [0.2, 0.25) is 0 Å². The van der Waals surface area contributed by atoms with Gasteiger partial charge in [0.05, 0.1) is 10.2 Å². The maximum atomic E-state index is 4.81. The van der Waals surface area contributed by atoms with Crippen molar-refractivity contribution in [3.05, 3.63) is 83.7 Å². The molecular formula is C21H21N3S. The number of benzene rings is 2. The second-order valence-electron chi connectivity index (χ2n) is 6.50. The van der Waals surface area contributed by atoms with Crippen LogP contribution in [-0.4, -0.2) is 21.5 Å². The molecule has 25 heavy (non-hydrogen) atoms. The van der Waals surface area contributed by atoms with Crippen LogP contribution in [0.3, 0.4) is 0 Å². The molecule has 126 valence electrons. The van der Waals surface area contributed by atoms with Crippen molar-refractivity contribution in [2.75, 3.05) is 7.05 Å². The second kappa shape index (κ2) is 6.82. The first kappa shape index (κ1) is 16.1. The number of fused-ring (bicyclic) bond motifs is 1. The van der Waals surface area contributed by atoms with Gasteiger partial charge in [-0.05, 0) is 49.4 Å². The van der Waals surface area contributed by atoms with E-state index in [1.807, 2.05) is 0 Å². The lowest BCUT2D eigenvalue weighted by Gasteiger charge is -2.17. The van der Waals surface area contributed by atoms with Crippen LogP contribution < -0.4 is 0 Å². The molecule has 0 radical (unpaired) electrons. The molecule has 4 aromatic rings. The Morgan fingerprint density at radius 3 is 2.68 bits per heavy atom. The van der Waals surface area contributed by atoms with Crippen LogP contribution in [0.5, 0.6) is 0 Å². The van der Waals surface area contributed by atoms with Gasteiger partial charge in [0.1, 0.15) is 0 Å². The Morgan fingerprint density at radius 2 is 1.84 bits per heavy atom. The Balaban J connectivity index is 1.57. The summed E-state index contributed by atoms with van der Waals surface area (Å²) in [6.07, 6.45) is 2.11. The average molecular weight is 347 g/mol. The van der Waals surface area contributed by atoms with Crippen LogP contribution in [0.1, 0.15) is 16.8 Å². The molecule has 2 aromatic heterocycles. The largest absolute Gasteiger partial charge is 0.296 e. The second-order valence-corrected chi connectivity index (χ2v) is 7.50. The molecule has 0 atom stereocenters. The van der Waals surface area contributed by atoms with Crippen LogP contribution in [0, 0.1) is 6.92 Å². The zero-order chi connectivity index (χ0) is 17.2. The predicted octanol–water partition coefficient (Wildman–Crippen LogP) is 5.03. The van der Waals surface area contributed by atoms with Crippen LogP contribution in [-0.2, 0) is 13.1 Å². The van der Waals surface area contributed by atoms with E-state index >= 15 is 0 Å². The summed E-state index contributed by atoms with van der Waals surface area (Å²) >= 11 is 1.75. The Hall–Kier alpha value is -2.43. The SMILES string of the molecule is Cc1ccc2nc(-n3cccc3CN(C)Cc3ccccc3)sc2c1. The highest BCUT2D eigenvalue weighted by molar-refractivity contribution is 7.20. The van der Waals surface area contributed by atoms with Crippen molar-refractivity contribution < 1.29 is 0 Å². The molecule has 0 aliphatic carbocycles. The van der Waals surface area contributed by atoms with E-state index in [0.717, 1.165) is 23.7 Å². The van der Waals surface area contributed by atoms with Crippen LogP contribution in [0.15, 0.2) is 66.9 Å². The third-order valence-electron chi connectivity index (χ3n) is 4.30. The van der Waals surface area contributed by atoms with Crippen molar-refractivity contribution in [2.24, 2.45) is 0 Å². The molecule has 0 fully saturated rings. The summed E-state index contributed by atoms with van der Waals surface area (Å²) in [7, 11) is 2.16. The van der Waals surface area contributed by atoms with E-state index in [-0.39, 0.29) is 0 Å². The highest BCUT2D eigenvalue weighted by Gasteiger charge is 2.11. The minimum absolute atomic E-state index is 0.886. The average Bonchev–Trinajstić information content (AvgIpc) is 3.21. The molecule has 2 aromatic carbocycles. The molecule has 2 heterocycles. The molecule has 4 heteroatoms. The molecule has 0 saturated heterocycles. The van der Waals surface area contributed by atoms with Crippen molar-refractivity contribution in [3.63, 3.8) is 0 Å². The van der Waals surface area contributed by atoms with Gasteiger partial charge < -0.3 is 0 Å². The Kier molecular flexibility index (Phi) is 4.38. The van der Waals surface area contributed by atoms with Gasteiger partial charge in [-0.25, -0.2) is 4.98 Å². The minimum Gasteiger partial charge on any atom is -0.296 e. The van der Waals surface area contributed by atoms with Gasteiger partial charge in [0, 0.05) is 25.0 Å². The third-order valence-corrected chi connectivity index (χ3v) is 5.32. The van der Waals surface area contributed by atoms with Crippen molar-refractivity contribution >= 4 is 21.6 Å². The van der Waals surface area contributed by atoms with E-state index in [4.69, 9.17) is 4.98 Å². The normalized spacial score (nSPS) is 11.5. The maximum absolute atomic E-state index is 4.81. The van der Waals surface area contributed by atoms with Crippen LogP contribution in [0.2, 0.25) is 0 Å². The van der Waals surface area contributed by atoms with Crippen molar-refractivity contribution in [3.8, 4) is 5.13 Å². The standard InChI is InChI=1S/C21H21N3S/c1-16-10-11-19-20(13-16)25-21(22-19)24-12-6-9-18(24)15-23(2)14-17-7-4-3-5-8-17/h3-13H,14-15H2,1-2H3. The number of rotatable bonds is 5. The zero-order valence-electron chi connectivity index (χ0n) is 14.5. The number of aromatic nitrogens is 2.